The van der Waals surface area contributed by atoms with Gasteiger partial charge in [0.25, 0.3) is 0 Å². The number of carbonyl (C=O) groups excluding carboxylic acids is 1. The molecule has 2 saturated carbocycles. The number of anilines is 1. The van der Waals surface area contributed by atoms with Gasteiger partial charge in [-0.15, -0.1) is 5.92 Å². The summed E-state index contributed by atoms with van der Waals surface area (Å²) in [6, 6.07) is 7.04. The largest absolute Gasteiger partial charge is 0.378 e. The van der Waals surface area contributed by atoms with Crippen molar-refractivity contribution in [1.82, 2.24) is 0 Å². The van der Waals surface area contributed by atoms with Crippen molar-refractivity contribution in [3.8, 4) is 11.8 Å². The second-order valence-corrected chi connectivity index (χ2v) is 11.9. The average Bonchev–Trinajstić information content (AvgIpc) is 3.14. The van der Waals surface area contributed by atoms with E-state index in [1.165, 1.54) is 28.0 Å². The first-order valence-corrected chi connectivity index (χ1v) is 13.9. The summed E-state index contributed by atoms with van der Waals surface area (Å²) < 4.78 is 5.58. The number of nitrogens with zero attached hydrogens (tertiary/aromatic N) is 1. The van der Waals surface area contributed by atoms with Crippen molar-refractivity contribution in [2.75, 3.05) is 31.2 Å². The van der Waals surface area contributed by atoms with Crippen molar-refractivity contribution >= 4 is 11.5 Å². The zero-order valence-corrected chi connectivity index (χ0v) is 22.0. The molecule has 0 unspecified atom stereocenters. The molecular formula is C32H39NO3. The molecule has 4 nitrogen and oxygen atoms in total. The fourth-order valence-electron chi connectivity index (χ4n) is 8.43. The molecule has 190 valence electrons. The molecule has 4 aliphatic carbocycles. The summed E-state index contributed by atoms with van der Waals surface area (Å²) in [6.07, 6.45) is 8.21. The fraction of sp³-hybridized carbons (Fsp3) is 0.594. The molecule has 4 heteroatoms. The summed E-state index contributed by atoms with van der Waals surface area (Å²) in [6.45, 7) is 9.84. The van der Waals surface area contributed by atoms with Gasteiger partial charge in [-0.05, 0) is 98.6 Å². The highest BCUT2D eigenvalue weighted by molar-refractivity contribution is 5.93. The van der Waals surface area contributed by atoms with Crippen LogP contribution in [0.3, 0.4) is 0 Å². The number of benzene rings is 1. The first-order valence-electron chi connectivity index (χ1n) is 13.9. The number of aryl methyl sites for hydroxylation is 1. The van der Waals surface area contributed by atoms with Gasteiger partial charge in [-0.2, -0.15) is 0 Å². The second-order valence-electron chi connectivity index (χ2n) is 11.9. The molecule has 1 aliphatic heterocycles. The molecule has 1 aromatic rings. The molecule has 1 saturated heterocycles. The van der Waals surface area contributed by atoms with Crippen LogP contribution in [0.4, 0.5) is 5.69 Å². The van der Waals surface area contributed by atoms with Crippen LogP contribution in [0.1, 0.15) is 75.8 Å². The van der Waals surface area contributed by atoms with E-state index in [4.69, 9.17) is 4.74 Å². The fourth-order valence-corrected chi connectivity index (χ4v) is 8.43. The molecular weight excluding hydrogens is 446 g/mol. The van der Waals surface area contributed by atoms with Gasteiger partial charge < -0.3 is 14.7 Å². The number of ether oxygens (including phenoxy) is 1. The minimum atomic E-state index is -0.928. The number of hydrogen-bond donors (Lipinski definition) is 1. The third-order valence-electron chi connectivity index (χ3n) is 10.2. The van der Waals surface area contributed by atoms with Crippen molar-refractivity contribution in [3.63, 3.8) is 0 Å². The normalized spacial score (nSPS) is 35.9. The average molecular weight is 486 g/mol. The van der Waals surface area contributed by atoms with E-state index in [0.29, 0.717) is 18.3 Å². The molecule has 1 N–H and O–H groups in total. The van der Waals surface area contributed by atoms with E-state index in [1.807, 2.05) is 13.0 Å². The minimum Gasteiger partial charge on any atom is -0.378 e. The number of aliphatic hydroxyl groups is 1. The van der Waals surface area contributed by atoms with Crippen LogP contribution in [0.5, 0.6) is 0 Å². The van der Waals surface area contributed by atoms with Gasteiger partial charge in [-0.3, -0.25) is 4.79 Å². The molecule has 5 aliphatic rings. The number of ketones is 1. The predicted molar refractivity (Wildman–Crippen MR) is 143 cm³/mol. The number of fused-ring (bicyclic) bond motifs is 4. The maximum absolute atomic E-state index is 12.3. The molecule has 0 spiro atoms. The molecule has 0 aromatic heterocycles. The standard InChI is InChI=1S/C32H39NO3/c1-4-12-32(35)13-11-28-26-8-5-23-19-24(34)7-9-25(23)30(26)27(20-31(28,32)3)22-6-10-29(21(2)18-22)33-14-16-36-17-15-33/h6,10,18-19,26-28,35H,5,7-9,11,13-17,20H2,1-3H3/t26-,27+,28-,31-,32-/m0/s1. The van der Waals surface area contributed by atoms with Crippen molar-refractivity contribution in [2.45, 2.75) is 77.2 Å². The molecule has 1 aromatic carbocycles. The van der Waals surface area contributed by atoms with E-state index < -0.39 is 5.60 Å². The second kappa shape index (κ2) is 8.89. The monoisotopic (exact) mass is 485 g/mol. The summed E-state index contributed by atoms with van der Waals surface area (Å²) in [5, 5.41) is 11.9. The van der Waals surface area contributed by atoms with Crippen molar-refractivity contribution in [3.05, 3.63) is 52.1 Å². The highest BCUT2D eigenvalue weighted by atomic mass is 16.5. The van der Waals surface area contributed by atoms with Crippen molar-refractivity contribution < 1.29 is 14.6 Å². The lowest BCUT2D eigenvalue weighted by Gasteiger charge is -2.53. The van der Waals surface area contributed by atoms with Gasteiger partial charge in [-0.1, -0.05) is 30.6 Å². The summed E-state index contributed by atoms with van der Waals surface area (Å²) in [4.78, 5) is 14.7. The topological polar surface area (TPSA) is 49.8 Å². The Morgan fingerprint density at radius 1 is 1.14 bits per heavy atom. The van der Waals surface area contributed by atoms with Crippen LogP contribution < -0.4 is 4.90 Å². The predicted octanol–water partition coefficient (Wildman–Crippen LogP) is 5.49. The first kappa shape index (κ1) is 24.0. The molecule has 5 atom stereocenters. The summed E-state index contributed by atoms with van der Waals surface area (Å²) in [5.74, 6) is 7.77. The lowest BCUT2D eigenvalue weighted by atomic mass is 9.51. The van der Waals surface area contributed by atoms with Crippen LogP contribution in [-0.2, 0) is 9.53 Å². The lowest BCUT2D eigenvalue weighted by Crippen LogP contribution is -2.51. The Labute approximate surface area is 215 Å². The van der Waals surface area contributed by atoms with Gasteiger partial charge >= 0.3 is 0 Å². The zero-order valence-electron chi connectivity index (χ0n) is 22.0. The third kappa shape index (κ3) is 3.62. The number of allylic oxidation sites excluding steroid dienone is 4. The Hall–Kier alpha value is -2.35. The number of rotatable bonds is 2. The lowest BCUT2D eigenvalue weighted by molar-refractivity contribution is -0.114. The number of hydrogen-bond acceptors (Lipinski definition) is 4. The highest BCUT2D eigenvalue weighted by Crippen LogP contribution is 2.66. The molecule has 3 fully saturated rings. The van der Waals surface area contributed by atoms with Crippen LogP contribution in [0, 0.1) is 36.0 Å². The Morgan fingerprint density at radius 2 is 1.94 bits per heavy atom. The Kier molecular flexibility index (Phi) is 5.93. The Bertz CT molecular complexity index is 1210. The van der Waals surface area contributed by atoms with Gasteiger partial charge in [-0.25, -0.2) is 0 Å². The van der Waals surface area contributed by atoms with Gasteiger partial charge in [0.2, 0.25) is 0 Å². The molecule has 0 amide bonds. The van der Waals surface area contributed by atoms with E-state index in [2.05, 4.69) is 48.8 Å². The molecule has 6 rings (SSSR count). The van der Waals surface area contributed by atoms with Crippen molar-refractivity contribution in [1.29, 1.82) is 0 Å². The molecule has 36 heavy (non-hydrogen) atoms. The van der Waals surface area contributed by atoms with Crippen molar-refractivity contribution in [2.24, 2.45) is 17.3 Å². The highest BCUT2D eigenvalue weighted by Gasteiger charge is 2.62. The van der Waals surface area contributed by atoms with Crippen LogP contribution >= 0.6 is 0 Å². The van der Waals surface area contributed by atoms with Crippen LogP contribution in [0.2, 0.25) is 0 Å². The van der Waals surface area contributed by atoms with Gasteiger partial charge in [0.1, 0.15) is 5.60 Å². The summed E-state index contributed by atoms with van der Waals surface area (Å²) in [5.41, 5.74) is 7.13. The maximum atomic E-state index is 12.3. The third-order valence-corrected chi connectivity index (χ3v) is 10.2. The van der Waals surface area contributed by atoms with Crippen LogP contribution in [0.15, 0.2) is 41.0 Å². The molecule has 1 heterocycles. The van der Waals surface area contributed by atoms with Gasteiger partial charge in [0.05, 0.1) is 13.2 Å². The van der Waals surface area contributed by atoms with Gasteiger partial charge in [0, 0.05) is 36.5 Å². The summed E-state index contributed by atoms with van der Waals surface area (Å²) in [7, 11) is 0. The number of carbonyl (C=O) groups is 1. The SMILES string of the molecule is CC#C[C@]1(O)CC[C@H]2[C@@H]3CCC4=CC(=O)CCC4=C3[C@@H](c3ccc(N4CCOCC4)c(C)c3)C[C@@]21C. The van der Waals surface area contributed by atoms with E-state index >= 15 is 0 Å². The summed E-state index contributed by atoms with van der Waals surface area (Å²) >= 11 is 0. The minimum absolute atomic E-state index is 0.238. The zero-order chi connectivity index (χ0) is 25.1. The maximum Gasteiger partial charge on any atom is 0.156 e. The smallest absolute Gasteiger partial charge is 0.156 e. The van der Waals surface area contributed by atoms with E-state index in [1.54, 1.807) is 5.57 Å². The van der Waals surface area contributed by atoms with Crippen LogP contribution in [-0.4, -0.2) is 42.8 Å². The van der Waals surface area contributed by atoms with E-state index in [9.17, 15) is 9.90 Å². The Morgan fingerprint density at radius 3 is 2.69 bits per heavy atom. The Balaban J connectivity index is 1.47. The van der Waals surface area contributed by atoms with Crippen LogP contribution in [0.25, 0.3) is 0 Å². The quantitative estimate of drug-likeness (QED) is 0.563. The van der Waals surface area contributed by atoms with E-state index in [0.717, 1.165) is 64.8 Å². The van der Waals surface area contributed by atoms with Gasteiger partial charge in [0.15, 0.2) is 5.78 Å². The molecule has 0 radical (unpaired) electrons. The van der Waals surface area contributed by atoms with E-state index in [-0.39, 0.29) is 17.1 Å². The molecule has 0 bridgehead atoms. The number of morpholine rings is 1. The first-order chi connectivity index (χ1) is 17.3.